The molecule has 0 spiro atoms. The van der Waals surface area contributed by atoms with Crippen LogP contribution in [0.3, 0.4) is 0 Å². The van der Waals surface area contributed by atoms with E-state index in [0.29, 0.717) is 6.42 Å². The van der Waals surface area contributed by atoms with E-state index in [0.717, 1.165) is 32.4 Å². The highest BCUT2D eigenvalue weighted by Gasteiger charge is 2.06. The Balaban J connectivity index is 3.45. The molecule has 0 rings (SSSR count). The second-order valence-corrected chi connectivity index (χ2v) is 3.38. The molecule has 0 saturated heterocycles. The molecule has 13 heavy (non-hydrogen) atoms. The van der Waals surface area contributed by atoms with E-state index in [9.17, 15) is 4.79 Å². The van der Waals surface area contributed by atoms with Crippen molar-refractivity contribution in [3.8, 4) is 0 Å². The summed E-state index contributed by atoms with van der Waals surface area (Å²) in [5, 5.41) is 3.07. The number of carbonyl (C=O) groups excluding carboxylic acids is 1. The Hall–Kier alpha value is -0.570. The summed E-state index contributed by atoms with van der Waals surface area (Å²) in [5.41, 5.74) is 0. The molecular formula is C10H22N2O. The summed E-state index contributed by atoms with van der Waals surface area (Å²) in [6.45, 7) is 3.95. The fraction of sp³-hybridized carbons (Fsp3) is 0.900. The third-order valence-electron chi connectivity index (χ3n) is 2.09. The minimum atomic E-state index is 0.276. The summed E-state index contributed by atoms with van der Waals surface area (Å²) in [6.07, 6.45) is 3.84. The van der Waals surface area contributed by atoms with Crippen molar-refractivity contribution in [1.82, 2.24) is 10.2 Å². The molecule has 1 N–H and O–H groups in total. The van der Waals surface area contributed by atoms with Crippen LogP contribution in [-0.4, -0.2) is 38.0 Å². The van der Waals surface area contributed by atoms with Crippen LogP contribution in [0, 0.1) is 0 Å². The molecule has 3 nitrogen and oxygen atoms in total. The normalized spacial score (nSPS) is 10.1. The standard InChI is InChI=1S/C10H22N2O/c1-4-5-7-10(13)12(3)9-6-8-11-2/h11H,4-9H2,1-3H3. The molecule has 0 aliphatic heterocycles. The highest BCUT2D eigenvalue weighted by Crippen LogP contribution is 1.98. The smallest absolute Gasteiger partial charge is 0.222 e. The van der Waals surface area contributed by atoms with Gasteiger partial charge in [-0.05, 0) is 26.4 Å². The Morgan fingerprint density at radius 3 is 2.62 bits per heavy atom. The lowest BCUT2D eigenvalue weighted by molar-refractivity contribution is -0.130. The number of amides is 1. The first-order valence-corrected chi connectivity index (χ1v) is 5.11. The predicted octanol–water partition coefficient (Wildman–Crippen LogP) is 1.24. The number of nitrogens with zero attached hydrogens (tertiary/aromatic N) is 1. The molecule has 0 bridgehead atoms. The monoisotopic (exact) mass is 186 g/mol. The third-order valence-corrected chi connectivity index (χ3v) is 2.09. The molecule has 0 fully saturated rings. The molecule has 0 aromatic carbocycles. The Labute approximate surface area is 81.5 Å². The molecule has 0 atom stereocenters. The molecule has 0 saturated carbocycles. The minimum Gasteiger partial charge on any atom is -0.346 e. The van der Waals surface area contributed by atoms with Crippen LogP contribution >= 0.6 is 0 Å². The topological polar surface area (TPSA) is 32.3 Å². The van der Waals surface area contributed by atoms with Gasteiger partial charge in [0.1, 0.15) is 0 Å². The maximum Gasteiger partial charge on any atom is 0.222 e. The zero-order valence-electron chi connectivity index (χ0n) is 9.10. The third kappa shape index (κ3) is 6.58. The molecule has 0 aromatic rings. The lowest BCUT2D eigenvalue weighted by Crippen LogP contribution is -2.29. The SMILES string of the molecule is CCCCC(=O)N(C)CCCNC. The molecule has 3 heteroatoms. The van der Waals surface area contributed by atoms with Gasteiger partial charge in [0.05, 0.1) is 0 Å². The first-order valence-electron chi connectivity index (χ1n) is 5.11. The average Bonchev–Trinajstić information content (AvgIpc) is 2.14. The van der Waals surface area contributed by atoms with E-state index in [1.165, 1.54) is 0 Å². The maximum absolute atomic E-state index is 11.4. The lowest BCUT2D eigenvalue weighted by atomic mass is 10.2. The summed E-state index contributed by atoms with van der Waals surface area (Å²) in [7, 11) is 3.81. The van der Waals surface area contributed by atoms with Crippen LogP contribution in [0.25, 0.3) is 0 Å². The largest absolute Gasteiger partial charge is 0.346 e. The van der Waals surface area contributed by atoms with Crippen molar-refractivity contribution in [3.63, 3.8) is 0 Å². The highest BCUT2D eigenvalue weighted by molar-refractivity contribution is 5.75. The van der Waals surface area contributed by atoms with Crippen LogP contribution in [0.4, 0.5) is 0 Å². The van der Waals surface area contributed by atoms with Crippen molar-refractivity contribution in [2.45, 2.75) is 32.6 Å². The van der Waals surface area contributed by atoms with Gasteiger partial charge in [0, 0.05) is 20.0 Å². The molecular weight excluding hydrogens is 164 g/mol. The Kier molecular flexibility index (Phi) is 7.69. The van der Waals surface area contributed by atoms with Crippen LogP contribution in [0.1, 0.15) is 32.6 Å². The van der Waals surface area contributed by atoms with Gasteiger partial charge in [0.2, 0.25) is 5.91 Å². The lowest BCUT2D eigenvalue weighted by Gasteiger charge is -2.16. The molecule has 0 aromatic heterocycles. The molecule has 1 amide bonds. The van der Waals surface area contributed by atoms with Gasteiger partial charge in [-0.15, -0.1) is 0 Å². The Morgan fingerprint density at radius 2 is 2.08 bits per heavy atom. The van der Waals surface area contributed by atoms with Crippen molar-refractivity contribution >= 4 is 5.91 Å². The molecule has 78 valence electrons. The summed E-state index contributed by atoms with van der Waals surface area (Å²) in [5.74, 6) is 0.276. The fourth-order valence-corrected chi connectivity index (χ4v) is 1.14. The molecule has 0 unspecified atom stereocenters. The molecule has 0 radical (unpaired) electrons. The summed E-state index contributed by atoms with van der Waals surface area (Å²) < 4.78 is 0. The van der Waals surface area contributed by atoms with E-state index in [1.54, 1.807) is 0 Å². The van der Waals surface area contributed by atoms with Crippen molar-refractivity contribution in [3.05, 3.63) is 0 Å². The number of hydrogen-bond donors (Lipinski definition) is 1. The summed E-state index contributed by atoms with van der Waals surface area (Å²) in [6, 6.07) is 0. The van der Waals surface area contributed by atoms with Gasteiger partial charge in [0.25, 0.3) is 0 Å². The number of nitrogens with one attached hydrogen (secondary N) is 1. The van der Waals surface area contributed by atoms with E-state index in [-0.39, 0.29) is 5.91 Å². The van der Waals surface area contributed by atoms with Crippen molar-refractivity contribution < 1.29 is 4.79 Å². The van der Waals surface area contributed by atoms with Gasteiger partial charge >= 0.3 is 0 Å². The van der Waals surface area contributed by atoms with Crippen LogP contribution in [0.2, 0.25) is 0 Å². The number of rotatable bonds is 7. The second-order valence-electron chi connectivity index (χ2n) is 3.38. The summed E-state index contributed by atoms with van der Waals surface area (Å²) >= 11 is 0. The zero-order valence-corrected chi connectivity index (χ0v) is 9.10. The average molecular weight is 186 g/mol. The van der Waals surface area contributed by atoms with Gasteiger partial charge in [-0.1, -0.05) is 13.3 Å². The van der Waals surface area contributed by atoms with E-state index < -0.39 is 0 Å². The zero-order chi connectivity index (χ0) is 10.1. The van der Waals surface area contributed by atoms with Crippen LogP contribution in [0.15, 0.2) is 0 Å². The van der Waals surface area contributed by atoms with Crippen LogP contribution in [-0.2, 0) is 4.79 Å². The molecule has 0 aliphatic carbocycles. The fourth-order valence-electron chi connectivity index (χ4n) is 1.14. The number of carbonyl (C=O) groups is 1. The Morgan fingerprint density at radius 1 is 1.38 bits per heavy atom. The summed E-state index contributed by atoms with van der Waals surface area (Å²) in [4.78, 5) is 13.2. The molecule has 0 heterocycles. The first kappa shape index (κ1) is 12.4. The van der Waals surface area contributed by atoms with Gasteiger partial charge < -0.3 is 10.2 Å². The quantitative estimate of drug-likeness (QED) is 0.607. The first-order chi connectivity index (χ1) is 6.22. The van der Waals surface area contributed by atoms with Crippen molar-refractivity contribution in [1.29, 1.82) is 0 Å². The predicted molar refractivity (Wildman–Crippen MR) is 55.7 cm³/mol. The second kappa shape index (κ2) is 8.05. The van der Waals surface area contributed by atoms with E-state index in [2.05, 4.69) is 12.2 Å². The van der Waals surface area contributed by atoms with Gasteiger partial charge in [0.15, 0.2) is 0 Å². The van der Waals surface area contributed by atoms with Crippen molar-refractivity contribution in [2.75, 3.05) is 27.2 Å². The van der Waals surface area contributed by atoms with Crippen LogP contribution < -0.4 is 5.32 Å². The van der Waals surface area contributed by atoms with E-state index >= 15 is 0 Å². The highest BCUT2D eigenvalue weighted by atomic mass is 16.2. The molecule has 0 aliphatic rings. The number of hydrogen-bond acceptors (Lipinski definition) is 2. The maximum atomic E-state index is 11.4. The van der Waals surface area contributed by atoms with E-state index in [1.807, 2.05) is 19.0 Å². The van der Waals surface area contributed by atoms with Gasteiger partial charge in [-0.25, -0.2) is 0 Å². The van der Waals surface area contributed by atoms with Gasteiger partial charge in [-0.2, -0.15) is 0 Å². The minimum absolute atomic E-state index is 0.276. The van der Waals surface area contributed by atoms with Crippen LogP contribution in [0.5, 0.6) is 0 Å². The van der Waals surface area contributed by atoms with Gasteiger partial charge in [-0.3, -0.25) is 4.79 Å². The van der Waals surface area contributed by atoms with Crippen molar-refractivity contribution in [2.24, 2.45) is 0 Å². The van der Waals surface area contributed by atoms with E-state index in [4.69, 9.17) is 0 Å². The Bertz CT molecular complexity index is 137. The number of unbranched alkanes of at least 4 members (excludes halogenated alkanes) is 1.